The van der Waals surface area contributed by atoms with Crippen LogP contribution in [0.5, 0.6) is 0 Å². The van der Waals surface area contributed by atoms with E-state index in [4.69, 9.17) is 0 Å². The summed E-state index contributed by atoms with van der Waals surface area (Å²) in [7, 11) is 0. The first-order valence-corrected chi connectivity index (χ1v) is 5.95. The molecule has 2 heteroatoms. The molecule has 0 saturated heterocycles. The number of hydrogen-bond acceptors (Lipinski definition) is 2. The topological polar surface area (TPSA) is 12.9 Å². The molecule has 1 nitrogen and oxygen atoms in total. The number of hydrogen-bond donors (Lipinski definition) is 0. The van der Waals surface area contributed by atoms with Crippen LogP contribution in [0.3, 0.4) is 0 Å². The Balaban J connectivity index is 2.44. The standard InChI is InChI=1S/C13H15NS/c1-13(2,3)11-7-10(8-14-9-11)12-5-4-6-15-12/h4-9H,1-3H3. The number of rotatable bonds is 1. The van der Waals surface area contributed by atoms with Gasteiger partial charge in [0.1, 0.15) is 0 Å². The Morgan fingerprint density at radius 1 is 1.20 bits per heavy atom. The third-order valence-corrected chi connectivity index (χ3v) is 3.33. The van der Waals surface area contributed by atoms with Crippen molar-refractivity contribution in [3.63, 3.8) is 0 Å². The van der Waals surface area contributed by atoms with Crippen LogP contribution >= 0.6 is 11.3 Å². The molecule has 2 aromatic heterocycles. The van der Waals surface area contributed by atoms with Gasteiger partial charge in [0.15, 0.2) is 0 Å². The molecule has 2 heterocycles. The zero-order chi connectivity index (χ0) is 10.9. The van der Waals surface area contributed by atoms with Crippen LogP contribution in [0, 0.1) is 0 Å². The van der Waals surface area contributed by atoms with E-state index in [1.165, 1.54) is 16.0 Å². The second-order valence-corrected chi connectivity index (χ2v) is 5.64. The van der Waals surface area contributed by atoms with Crippen LogP contribution in [0.1, 0.15) is 26.3 Å². The number of nitrogens with zero attached hydrogens (tertiary/aromatic N) is 1. The van der Waals surface area contributed by atoms with Gasteiger partial charge in [-0.05, 0) is 28.5 Å². The highest BCUT2D eigenvalue weighted by Crippen LogP contribution is 2.28. The van der Waals surface area contributed by atoms with E-state index >= 15 is 0 Å². The molecule has 0 aliphatic rings. The largest absolute Gasteiger partial charge is 0.264 e. The lowest BCUT2D eigenvalue weighted by atomic mass is 9.87. The van der Waals surface area contributed by atoms with Gasteiger partial charge in [0, 0.05) is 22.8 Å². The number of pyridine rings is 1. The van der Waals surface area contributed by atoms with Gasteiger partial charge in [0.25, 0.3) is 0 Å². The molecule has 0 spiro atoms. The summed E-state index contributed by atoms with van der Waals surface area (Å²) in [5.74, 6) is 0. The highest BCUT2D eigenvalue weighted by atomic mass is 32.1. The Kier molecular flexibility index (Phi) is 2.61. The summed E-state index contributed by atoms with van der Waals surface area (Å²) >= 11 is 1.76. The second-order valence-electron chi connectivity index (χ2n) is 4.69. The summed E-state index contributed by atoms with van der Waals surface area (Å²) in [6.07, 6.45) is 3.89. The summed E-state index contributed by atoms with van der Waals surface area (Å²) in [5.41, 5.74) is 2.67. The van der Waals surface area contributed by atoms with Crippen LogP contribution in [-0.2, 0) is 5.41 Å². The van der Waals surface area contributed by atoms with Crippen molar-refractivity contribution < 1.29 is 0 Å². The first-order valence-electron chi connectivity index (χ1n) is 5.07. The average molecular weight is 217 g/mol. The summed E-state index contributed by atoms with van der Waals surface area (Å²) in [5, 5.41) is 2.10. The highest BCUT2D eigenvalue weighted by molar-refractivity contribution is 7.13. The normalized spacial score (nSPS) is 11.7. The zero-order valence-electron chi connectivity index (χ0n) is 9.32. The third-order valence-electron chi connectivity index (χ3n) is 2.41. The maximum Gasteiger partial charge on any atom is 0.0358 e. The predicted octanol–water partition coefficient (Wildman–Crippen LogP) is 4.11. The Morgan fingerprint density at radius 3 is 2.60 bits per heavy atom. The van der Waals surface area contributed by atoms with Gasteiger partial charge in [-0.1, -0.05) is 26.8 Å². The van der Waals surface area contributed by atoms with Crippen molar-refractivity contribution in [3.05, 3.63) is 41.5 Å². The van der Waals surface area contributed by atoms with Crippen molar-refractivity contribution in [1.29, 1.82) is 0 Å². The molecule has 0 aromatic carbocycles. The minimum absolute atomic E-state index is 0.167. The van der Waals surface area contributed by atoms with Gasteiger partial charge in [-0.25, -0.2) is 0 Å². The molecule has 0 N–H and O–H groups in total. The van der Waals surface area contributed by atoms with Crippen molar-refractivity contribution in [1.82, 2.24) is 4.98 Å². The number of thiophene rings is 1. The van der Waals surface area contributed by atoms with E-state index in [0.717, 1.165) is 0 Å². The quantitative estimate of drug-likeness (QED) is 0.700. The molecule has 0 fully saturated rings. The van der Waals surface area contributed by atoms with E-state index in [-0.39, 0.29) is 5.41 Å². The third kappa shape index (κ3) is 2.26. The molecular formula is C13H15NS. The summed E-state index contributed by atoms with van der Waals surface area (Å²) in [6, 6.07) is 6.44. The van der Waals surface area contributed by atoms with Gasteiger partial charge in [-0.15, -0.1) is 11.3 Å². The molecule has 0 radical (unpaired) electrons. The molecule has 78 valence electrons. The van der Waals surface area contributed by atoms with Crippen LogP contribution in [-0.4, -0.2) is 4.98 Å². The van der Waals surface area contributed by atoms with E-state index in [2.05, 4.69) is 49.3 Å². The SMILES string of the molecule is CC(C)(C)c1cncc(-c2cccs2)c1. The molecule has 15 heavy (non-hydrogen) atoms. The molecule has 0 aliphatic carbocycles. The zero-order valence-corrected chi connectivity index (χ0v) is 10.1. The van der Waals surface area contributed by atoms with E-state index < -0.39 is 0 Å². The summed E-state index contributed by atoms with van der Waals surface area (Å²) in [6.45, 7) is 6.63. The fourth-order valence-electron chi connectivity index (χ4n) is 1.43. The lowest BCUT2D eigenvalue weighted by Gasteiger charge is -2.18. The molecule has 0 amide bonds. The number of aromatic nitrogens is 1. The Hall–Kier alpha value is -1.15. The molecular weight excluding hydrogens is 202 g/mol. The van der Waals surface area contributed by atoms with Crippen molar-refractivity contribution in [2.75, 3.05) is 0 Å². The monoisotopic (exact) mass is 217 g/mol. The Morgan fingerprint density at radius 2 is 2.00 bits per heavy atom. The van der Waals surface area contributed by atoms with E-state index in [9.17, 15) is 0 Å². The molecule has 2 rings (SSSR count). The first kappa shape index (κ1) is 10.4. The summed E-state index contributed by atoms with van der Waals surface area (Å²) < 4.78 is 0. The highest BCUT2D eigenvalue weighted by Gasteiger charge is 2.14. The minimum Gasteiger partial charge on any atom is -0.264 e. The predicted molar refractivity (Wildman–Crippen MR) is 66.3 cm³/mol. The van der Waals surface area contributed by atoms with Crippen LogP contribution < -0.4 is 0 Å². The van der Waals surface area contributed by atoms with Crippen LogP contribution in [0.15, 0.2) is 36.0 Å². The van der Waals surface area contributed by atoms with Crippen LogP contribution in [0.2, 0.25) is 0 Å². The van der Waals surface area contributed by atoms with Crippen molar-refractivity contribution >= 4 is 11.3 Å². The maximum absolute atomic E-state index is 4.31. The fraction of sp³-hybridized carbons (Fsp3) is 0.308. The van der Waals surface area contributed by atoms with Crippen LogP contribution in [0.25, 0.3) is 10.4 Å². The fourth-order valence-corrected chi connectivity index (χ4v) is 2.14. The lowest BCUT2D eigenvalue weighted by Crippen LogP contribution is -2.11. The lowest BCUT2D eigenvalue weighted by molar-refractivity contribution is 0.588. The molecule has 0 saturated carbocycles. The summed E-state index contributed by atoms with van der Waals surface area (Å²) in [4.78, 5) is 5.60. The van der Waals surface area contributed by atoms with Gasteiger partial charge in [-0.2, -0.15) is 0 Å². The molecule has 0 bridgehead atoms. The second kappa shape index (κ2) is 3.78. The van der Waals surface area contributed by atoms with E-state index in [0.29, 0.717) is 0 Å². The van der Waals surface area contributed by atoms with Crippen molar-refractivity contribution in [2.24, 2.45) is 0 Å². The molecule has 0 aliphatic heterocycles. The molecule has 0 atom stereocenters. The van der Waals surface area contributed by atoms with E-state index in [1.54, 1.807) is 11.3 Å². The molecule has 0 unspecified atom stereocenters. The maximum atomic E-state index is 4.31. The van der Waals surface area contributed by atoms with E-state index in [1.807, 2.05) is 12.4 Å². The average Bonchev–Trinajstić information content (AvgIpc) is 2.69. The first-order chi connectivity index (χ1) is 7.07. The minimum atomic E-state index is 0.167. The Labute approximate surface area is 94.8 Å². The van der Waals surface area contributed by atoms with Crippen LogP contribution in [0.4, 0.5) is 0 Å². The van der Waals surface area contributed by atoms with Gasteiger partial charge in [0.2, 0.25) is 0 Å². The molecule has 2 aromatic rings. The van der Waals surface area contributed by atoms with Crippen molar-refractivity contribution in [3.8, 4) is 10.4 Å². The van der Waals surface area contributed by atoms with Gasteiger partial charge >= 0.3 is 0 Å². The van der Waals surface area contributed by atoms with Crippen molar-refractivity contribution in [2.45, 2.75) is 26.2 Å². The van der Waals surface area contributed by atoms with Gasteiger partial charge in [0.05, 0.1) is 0 Å². The Bertz CT molecular complexity index is 438. The van der Waals surface area contributed by atoms with Gasteiger partial charge < -0.3 is 0 Å². The smallest absolute Gasteiger partial charge is 0.0358 e. The van der Waals surface area contributed by atoms with Gasteiger partial charge in [-0.3, -0.25) is 4.98 Å².